The smallest absolute Gasteiger partial charge is 0.406 e. The van der Waals surface area contributed by atoms with Crippen molar-refractivity contribution < 1.29 is 27.5 Å². The largest absolute Gasteiger partial charge is 0.573 e. The lowest BCUT2D eigenvalue weighted by atomic mass is 9.82. The van der Waals surface area contributed by atoms with Gasteiger partial charge in [0.2, 0.25) is 11.8 Å². The van der Waals surface area contributed by atoms with Gasteiger partial charge in [-0.2, -0.15) is 5.26 Å². The van der Waals surface area contributed by atoms with Crippen LogP contribution in [-0.2, 0) is 15.0 Å². The number of amides is 2. The lowest BCUT2D eigenvalue weighted by Gasteiger charge is -2.27. The van der Waals surface area contributed by atoms with Crippen molar-refractivity contribution in [1.29, 1.82) is 5.26 Å². The molecule has 3 atom stereocenters. The third-order valence-corrected chi connectivity index (χ3v) is 6.78. The summed E-state index contributed by atoms with van der Waals surface area (Å²) in [6.45, 7) is 0. The Hall–Kier alpha value is -3.54. The quantitative estimate of drug-likeness (QED) is 0.406. The van der Waals surface area contributed by atoms with E-state index in [1.54, 1.807) is 24.3 Å². The number of nitriles is 1. The summed E-state index contributed by atoms with van der Waals surface area (Å²) < 4.78 is 41.8. The van der Waals surface area contributed by atoms with E-state index in [-0.39, 0.29) is 15.7 Å². The van der Waals surface area contributed by atoms with Gasteiger partial charge >= 0.3 is 6.36 Å². The molecule has 1 saturated carbocycles. The zero-order valence-electron chi connectivity index (χ0n) is 17.5. The summed E-state index contributed by atoms with van der Waals surface area (Å²) >= 11 is 12.1. The number of benzene rings is 3. The maximum Gasteiger partial charge on any atom is 0.573 e. The highest BCUT2D eigenvalue weighted by Gasteiger charge is 2.78. The topological polar surface area (TPSA) is 70.4 Å². The van der Waals surface area contributed by atoms with Crippen molar-refractivity contribution in [2.24, 2.45) is 11.8 Å². The molecule has 2 aliphatic rings. The maximum atomic E-state index is 13.5. The molecule has 2 unspecified atom stereocenters. The average Bonchev–Trinajstić information content (AvgIpc) is 3.41. The van der Waals surface area contributed by atoms with E-state index in [9.17, 15) is 22.8 Å². The number of hydrogen-bond donors (Lipinski definition) is 0. The molecule has 0 radical (unpaired) electrons. The summed E-state index contributed by atoms with van der Waals surface area (Å²) in [7, 11) is 0. The number of alkyl halides is 3. The number of carbonyl (C=O) groups is 2. The van der Waals surface area contributed by atoms with Gasteiger partial charge in [-0.05, 0) is 53.6 Å². The minimum atomic E-state index is -4.85. The summed E-state index contributed by atoms with van der Waals surface area (Å²) in [6, 6.07) is 18.0. The van der Waals surface area contributed by atoms with Crippen molar-refractivity contribution in [3.63, 3.8) is 0 Å². The Balaban J connectivity index is 1.58. The zero-order chi connectivity index (χ0) is 25.1. The van der Waals surface area contributed by atoms with Gasteiger partial charge in [0.25, 0.3) is 0 Å². The Morgan fingerprint density at radius 3 is 1.80 bits per heavy atom. The molecule has 1 aliphatic heterocycles. The lowest BCUT2D eigenvalue weighted by molar-refractivity contribution is -0.274. The first kappa shape index (κ1) is 23.2. The van der Waals surface area contributed by atoms with Gasteiger partial charge in [0.15, 0.2) is 0 Å². The van der Waals surface area contributed by atoms with E-state index >= 15 is 0 Å². The first-order valence-electron chi connectivity index (χ1n) is 10.3. The molecule has 0 spiro atoms. The van der Waals surface area contributed by atoms with Gasteiger partial charge in [0, 0.05) is 15.5 Å². The highest BCUT2D eigenvalue weighted by Crippen LogP contribution is 2.68. The van der Waals surface area contributed by atoms with E-state index < -0.39 is 41.2 Å². The van der Waals surface area contributed by atoms with E-state index in [0.29, 0.717) is 16.7 Å². The van der Waals surface area contributed by atoms with E-state index in [0.717, 1.165) is 17.0 Å². The number of hydrogen-bond acceptors (Lipinski definition) is 4. The molecule has 1 aliphatic carbocycles. The minimum absolute atomic E-state index is 0.243. The molecule has 176 valence electrons. The molecular formula is C25H13Cl2F3N2O3. The lowest BCUT2D eigenvalue weighted by Crippen LogP contribution is -2.39. The van der Waals surface area contributed by atoms with Crippen LogP contribution in [0.2, 0.25) is 10.0 Å². The number of nitrogens with zero attached hydrogens (tertiary/aromatic N) is 2. The molecule has 0 N–H and O–H groups in total. The fourth-order valence-corrected chi connectivity index (χ4v) is 5.52. The molecule has 1 heterocycles. The molecule has 5 rings (SSSR count). The molecule has 2 fully saturated rings. The average molecular weight is 517 g/mol. The van der Waals surface area contributed by atoms with Crippen LogP contribution in [0.3, 0.4) is 0 Å². The number of piperidine rings is 1. The van der Waals surface area contributed by atoms with Crippen LogP contribution >= 0.6 is 23.2 Å². The van der Waals surface area contributed by atoms with Crippen LogP contribution in [0.25, 0.3) is 0 Å². The molecule has 5 nitrogen and oxygen atoms in total. The van der Waals surface area contributed by atoms with Gasteiger partial charge in [-0.3, -0.25) is 9.59 Å². The number of carbonyl (C=O) groups excluding carboxylic acids is 2. The third kappa shape index (κ3) is 3.72. The minimum Gasteiger partial charge on any atom is -0.406 e. The Kier molecular flexibility index (Phi) is 5.31. The van der Waals surface area contributed by atoms with Gasteiger partial charge in [-0.15, -0.1) is 13.2 Å². The van der Waals surface area contributed by atoms with Crippen molar-refractivity contribution in [3.05, 3.63) is 93.5 Å². The van der Waals surface area contributed by atoms with Gasteiger partial charge in [0.1, 0.15) is 5.75 Å². The van der Waals surface area contributed by atoms with Crippen molar-refractivity contribution in [1.82, 2.24) is 0 Å². The highest BCUT2D eigenvalue weighted by molar-refractivity contribution is 6.36. The monoisotopic (exact) mass is 516 g/mol. The molecule has 3 aromatic carbocycles. The van der Waals surface area contributed by atoms with Crippen molar-refractivity contribution in [2.75, 3.05) is 4.90 Å². The van der Waals surface area contributed by atoms with Crippen LogP contribution < -0.4 is 9.64 Å². The predicted molar refractivity (Wildman–Crippen MR) is 121 cm³/mol. The van der Waals surface area contributed by atoms with Crippen LogP contribution in [0.1, 0.15) is 16.7 Å². The Bertz CT molecular complexity index is 1360. The summed E-state index contributed by atoms with van der Waals surface area (Å²) in [5, 5.41) is 9.66. The molecule has 0 bridgehead atoms. The molecule has 10 heteroatoms. The second kappa shape index (κ2) is 8.01. The predicted octanol–water partition coefficient (Wildman–Crippen LogP) is 5.87. The normalized spacial score (nSPS) is 23.1. The first-order valence-corrected chi connectivity index (χ1v) is 11.0. The van der Waals surface area contributed by atoms with Gasteiger partial charge in [0.05, 0.1) is 29.2 Å². The summed E-state index contributed by atoms with van der Waals surface area (Å²) in [6.07, 6.45) is -4.85. The van der Waals surface area contributed by atoms with Crippen LogP contribution in [0, 0.1) is 23.2 Å². The zero-order valence-corrected chi connectivity index (χ0v) is 19.0. The fraction of sp³-hybridized carbons (Fsp3) is 0.160. The number of imide groups is 1. The summed E-state index contributed by atoms with van der Waals surface area (Å²) in [5.74, 6) is -2.96. The van der Waals surface area contributed by atoms with E-state index in [2.05, 4.69) is 4.74 Å². The van der Waals surface area contributed by atoms with Gasteiger partial charge in [-0.1, -0.05) is 47.5 Å². The van der Waals surface area contributed by atoms with Crippen molar-refractivity contribution >= 4 is 40.7 Å². The van der Waals surface area contributed by atoms with Gasteiger partial charge in [-0.25, -0.2) is 4.90 Å². The number of ether oxygens (including phenoxy) is 1. The van der Waals surface area contributed by atoms with Gasteiger partial charge < -0.3 is 4.74 Å². The Labute approximate surface area is 207 Å². The number of halogens is 5. The number of rotatable bonds is 4. The second-order valence-electron chi connectivity index (χ2n) is 8.23. The number of anilines is 1. The number of fused-ring (bicyclic) bond motifs is 1. The summed E-state index contributed by atoms with van der Waals surface area (Å²) in [5.41, 5.74) is 0.611. The molecule has 3 aromatic rings. The third-order valence-electron chi connectivity index (χ3n) is 6.34. The van der Waals surface area contributed by atoms with E-state index in [1.807, 2.05) is 6.07 Å². The Morgan fingerprint density at radius 1 is 0.857 bits per heavy atom. The Morgan fingerprint density at radius 2 is 1.34 bits per heavy atom. The standard InChI is InChI=1S/C25H13Cl2F3N2O3/c26-16-9-17(27)11-18(10-16)32-22(33)20-21(23(32)34)24(20,14-3-1-13(12-31)2-4-14)15-5-7-19(8-6-15)35-25(28,29)30/h1-11,20-21H/t20-,21?,24?/m0/s1. The molecule has 2 amide bonds. The van der Waals surface area contributed by atoms with Crippen molar-refractivity contribution in [2.45, 2.75) is 11.8 Å². The van der Waals surface area contributed by atoms with Crippen LogP contribution in [0.4, 0.5) is 18.9 Å². The highest BCUT2D eigenvalue weighted by atomic mass is 35.5. The van der Waals surface area contributed by atoms with Crippen LogP contribution in [-0.4, -0.2) is 18.2 Å². The molecule has 0 aromatic heterocycles. The fourth-order valence-electron chi connectivity index (χ4n) is 5.01. The first-order chi connectivity index (χ1) is 16.6. The van der Waals surface area contributed by atoms with Crippen LogP contribution in [0.5, 0.6) is 5.75 Å². The van der Waals surface area contributed by atoms with Crippen LogP contribution in [0.15, 0.2) is 66.7 Å². The maximum absolute atomic E-state index is 13.5. The molecule has 35 heavy (non-hydrogen) atoms. The SMILES string of the molecule is N#Cc1ccc(C2(c3ccc(OC(F)(F)F)cc3)C3C(=O)N(c4cc(Cl)cc(Cl)c4)C(=O)[C@H]32)cc1. The van der Waals surface area contributed by atoms with E-state index in [4.69, 9.17) is 28.5 Å². The summed E-state index contributed by atoms with van der Waals surface area (Å²) in [4.78, 5) is 28.1. The van der Waals surface area contributed by atoms with Crippen molar-refractivity contribution in [3.8, 4) is 11.8 Å². The van der Waals surface area contributed by atoms with E-state index in [1.165, 1.54) is 30.3 Å². The second-order valence-corrected chi connectivity index (χ2v) is 9.10. The molecular weight excluding hydrogens is 504 g/mol. The molecule has 1 saturated heterocycles.